The van der Waals surface area contributed by atoms with Crippen molar-refractivity contribution >= 4 is 0 Å². The Balaban J connectivity index is 0.00000156. The van der Waals surface area contributed by atoms with Crippen molar-refractivity contribution in [3.63, 3.8) is 0 Å². The molecule has 0 saturated heterocycles. The fourth-order valence-electron chi connectivity index (χ4n) is 3.84. The number of hydrogen-bond acceptors (Lipinski definition) is 1. The van der Waals surface area contributed by atoms with E-state index in [2.05, 4.69) is 37.8 Å². The van der Waals surface area contributed by atoms with Crippen LogP contribution in [0, 0.1) is 5.92 Å². The van der Waals surface area contributed by atoms with Gasteiger partial charge in [-0.25, -0.2) is 0 Å². The van der Waals surface area contributed by atoms with E-state index in [0.717, 1.165) is 5.56 Å². The summed E-state index contributed by atoms with van der Waals surface area (Å²) in [7, 11) is 0. The van der Waals surface area contributed by atoms with Gasteiger partial charge < -0.3 is 16.1 Å². The van der Waals surface area contributed by atoms with Gasteiger partial charge in [0.25, 0.3) is 0 Å². The molecule has 0 heterocycles. The summed E-state index contributed by atoms with van der Waals surface area (Å²) >= 11 is 0. The molecule has 0 radical (unpaired) electrons. The predicted octanol–water partition coefficient (Wildman–Crippen LogP) is 4.65. The topological polar surface area (TPSA) is 83.2 Å². The number of benzene rings is 2. The van der Waals surface area contributed by atoms with Gasteiger partial charge in [-0.05, 0) is 54.0 Å². The molecule has 0 spiro atoms. The first-order valence-electron chi connectivity index (χ1n) is 8.77. The van der Waals surface area contributed by atoms with Gasteiger partial charge in [0.05, 0.1) is 0 Å². The Labute approximate surface area is 150 Å². The molecule has 0 aliphatic heterocycles. The first kappa shape index (κ1) is 20.9. The first-order chi connectivity index (χ1) is 11.2. The van der Waals surface area contributed by atoms with Crippen molar-refractivity contribution in [3.05, 3.63) is 66.2 Å². The van der Waals surface area contributed by atoms with Crippen molar-refractivity contribution in [2.75, 3.05) is 0 Å². The van der Waals surface area contributed by atoms with E-state index in [9.17, 15) is 5.11 Å². The Morgan fingerprint density at radius 1 is 0.920 bits per heavy atom. The smallest absolute Gasteiger partial charge is 0.115 e. The Morgan fingerprint density at radius 2 is 1.48 bits per heavy atom. The van der Waals surface area contributed by atoms with Crippen LogP contribution in [-0.4, -0.2) is 16.1 Å². The molecule has 3 nitrogen and oxygen atoms in total. The molecule has 2 aromatic rings. The van der Waals surface area contributed by atoms with Gasteiger partial charge in [-0.2, -0.15) is 0 Å². The van der Waals surface area contributed by atoms with Crippen molar-refractivity contribution in [2.45, 2.75) is 44.9 Å². The molecule has 2 aromatic carbocycles. The van der Waals surface area contributed by atoms with Gasteiger partial charge >= 0.3 is 0 Å². The summed E-state index contributed by atoms with van der Waals surface area (Å²) in [5, 5.41) is 9.41. The maximum absolute atomic E-state index is 9.41. The molecule has 0 bridgehead atoms. The zero-order chi connectivity index (χ0) is 16.2. The van der Waals surface area contributed by atoms with Gasteiger partial charge in [0.15, 0.2) is 0 Å². The largest absolute Gasteiger partial charge is 0.508 e. The molecule has 25 heavy (non-hydrogen) atoms. The fraction of sp³-hybridized carbons (Fsp3) is 0.364. The zero-order valence-electron chi connectivity index (χ0n) is 15.0. The van der Waals surface area contributed by atoms with E-state index < -0.39 is 0 Å². The Bertz CT molecular complexity index is 657. The number of rotatable bonds is 4. The molecule has 136 valence electrons. The highest BCUT2D eigenvalue weighted by Crippen LogP contribution is 2.42. The monoisotopic (exact) mass is 342 g/mol. The van der Waals surface area contributed by atoms with E-state index in [0.29, 0.717) is 17.6 Å². The molecule has 0 amide bonds. The van der Waals surface area contributed by atoms with E-state index in [-0.39, 0.29) is 11.0 Å². The summed E-state index contributed by atoms with van der Waals surface area (Å²) in [5.74, 6) is 1.54. The normalized spacial score (nSPS) is 19.6. The van der Waals surface area contributed by atoms with Crippen molar-refractivity contribution in [1.29, 1.82) is 0 Å². The standard InChI is InChI=1S/C22H26O.2H2O/c1-3-5-17-6-4-7-22(16(17)2)20-10-8-18(9-11-20)19-12-14-21(23)15-13-19;;/h8-15,17,22-23H,2-7H2,1H3;2*1H2. The lowest BCUT2D eigenvalue weighted by Crippen LogP contribution is -2.17. The quantitative estimate of drug-likeness (QED) is 0.806. The second kappa shape index (κ2) is 9.40. The molecule has 1 fully saturated rings. The van der Waals surface area contributed by atoms with Crippen LogP contribution in [-0.2, 0) is 0 Å². The molecule has 1 saturated carbocycles. The van der Waals surface area contributed by atoms with Gasteiger partial charge in [0.1, 0.15) is 5.75 Å². The maximum atomic E-state index is 9.41. The molecule has 3 heteroatoms. The summed E-state index contributed by atoms with van der Waals surface area (Å²) in [6.45, 7) is 6.70. The third-order valence-electron chi connectivity index (χ3n) is 5.17. The van der Waals surface area contributed by atoms with Crippen LogP contribution in [0.5, 0.6) is 5.75 Å². The summed E-state index contributed by atoms with van der Waals surface area (Å²) < 4.78 is 0. The third-order valence-corrected chi connectivity index (χ3v) is 5.17. The van der Waals surface area contributed by atoms with Gasteiger partial charge in [-0.3, -0.25) is 0 Å². The Morgan fingerprint density at radius 3 is 2.04 bits per heavy atom. The lowest BCUT2D eigenvalue weighted by atomic mass is 9.73. The number of allylic oxidation sites excluding steroid dienone is 1. The number of phenolic OH excluding ortho intramolecular Hbond substituents is 1. The lowest BCUT2D eigenvalue weighted by Gasteiger charge is -2.32. The molecule has 1 aliphatic carbocycles. The minimum absolute atomic E-state index is 0. The minimum atomic E-state index is 0. The average Bonchev–Trinajstić information content (AvgIpc) is 2.58. The highest BCUT2D eigenvalue weighted by molar-refractivity contribution is 5.64. The predicted molar refractivity (Wildman–Crippen MR) is 105 cm³/mol. The number of phenols is 1. The molecule has 0 aromatic heterocycles. The van der Waals surface area contributed by atoms with Crippen LogP contribution < -0.4 is 0 Å². The van der Waals surface area contributed by atoms with Crippen LogP contribution in [0.1, 0.15) is 50.5 Å². The van der Waals surface area contributed by atoms with E-state index in [1.165, 1.54) is 48.8 Å². The van der Waals surface area contributed by atoms with Gasteiger partial charge in [0.2, 0.25) is 0 Å². The minimum Gasteiger partial charge on any atom is -0.508 e. The zero-order valence-corrected chi connectivity index (χ0v) is 15.0. The first-order valence-corrected chi connectivity index (χ1v) is 8.77. The molecule has 5 N–H and O–H groups in total. The highest BCUT2D eigenvalue weighted by Gasteiger charge is 2.26. The summed E-state index contributed by atoms with van der Waals surface area (Å²) in [5.41, 5.74) is 5.18. The highest BCUT2D eigenvalue weighted by atomic mass is 16.3. The third kappa shape index (κ3) is 4.71. The van der Waals surface area contributed by atoms with Crippen LogP contribution >= 0.6 is 0 Å². The number of hydrogen-bond donors (Lipinski definition) is 1. The second-order valence-electron chi connectivity index (χ2n) is 6.71. The van der Waals surface area contributed by atoms with Crippen LogP contribution in [0.2, 0.25) is 0 Å². The number of aromatic hydroxyl groups is 1. The van der Waals surface area contributed by atoms with Crippen molar-refractivity contribution in [3.8, 4) is 16.9 Å². The fourth-order valence-corrected chi connectivity index (χ4v) is 3.84. The van der Waals surface area contributed by atoms with Crippen molar-refractivity contribution in [1.82, 2.24) is 0 Å². The van der Waals surface area contributed by atoms with E-state index >= 15 is 0 Å². The molecule has 1 aliphatic rings. The average molecular weight is 342 g/mol. The van der Waals surface area contributed by atoms with E-state index in [4.69, 9.17) is 0 Å². The summed E-state index contributed by atoms with van der Waals surface area (Å²) in [4.78, 5) is 0. The van der Waals surface area contributed by atoms with Crippen molar-refractivity contribution in [2.24, 2.45) is 5.92 Å². The Hall–Kier alpha value is -2.10. The summed E-state index contributed by atoms with van der Waals surface area (Å²) in [6, 6.07) is 16.3. The Kier molecular flexibility index (Phi) is 7.88. The van der Waals surface area contributed by atoms with Crippen LogP contribution in [0.4, 0.5) is 0 Å². The molecular weight excluding hydrogens is 312 g/mol. The van der Waals surface area contributed by atoms with Crippen LogP contribution in [0.3, 0.4) is 0 Å². The van der Waals surface area contributed by atoms with Gasteiger partial charge in [-0.15, -0.1) is 0 Å². The van der Waals surface area contributed by atoms with Gasteiger partial charge in [-0.1, -0.05) is 68.3 Å². The van der Waals surface area contributed by atoms with E-state index in [1.54, 1.807) is 12.1 Å². The van der Waals surface area contributed by atoms with E-state index in [1.807, 2.05) is 12.1 Å². The molecule has 3 rings (SSSR count). The second-order valence-corrected chi connectivity index (χ2v) is 6.71. The maximum Gasteiger partial charge on any atom is 0.115 e. The molecular formula is C22H30O3. The lowest BCUT2D eigenvalue weighted by molar-refractivity contribution is 0.398. The SMILES string of the molecule is C=C1C(CCC)CCCC1c1ccc(-c2ccc(O)cc2)cc1.O.O. The summed E-state index contributed by atoms with van der Waals surface area (Å²) in [6.07, 6.45) is 6.39. The van der Waals surface area contributed by atoms with Gasteiger partial charge in [0, 0.05) is 5.92 Å². The van der Waals surface area contributed by atoms with Crippen LogP contribution in [0.25, 0.3) is 11.1 Å². The van der Waals surface area contributed by atoms with Crippen LogP contribution in [0.15, 0.2) is 60.7 Å². The van der Waals surface area contributed by atoms with Crippen molar-refractivity contribution < 1.29 is 16.1 Å². The molecule has 2 atom stereocenters. The molecule has 2 unspecified atom stereocenters.